The van der Waals surface area contributed by atoms with Crippen molar-refractivity contribution >= 4 is 51.5 Å². The van der Waals surface area contributed by atoms with E-state index in [4.69, 9.17) is 16.6 Å². The van der Waals surface area contributed by atoms with Gasteiger partial charge in [0.1, 0.15) is 5.65 Å². The van der Waals surface area contributed by atoms with Gasteiger partial charge in [-0.25, -0.2) is 9.98 Å². The number of hydrogen-bond donors (Lipinski definition) is 2. The first-order valence-corrected chi connectivity index (χ1v) is 13.9. The Morgan fingerprint density at radius 3 is 2.65 bits per heavy atom. The molecule has 0 spiro atoms. The van der Waals surface area contributed by atoms with Crippen LogP contribution in [-0.4, -0.2) is 58.3 Å². The highest BCUT2D eigenvalue weighted by atomic mass is 35.5. The van der Waals surface area contributed by atoms with Crippen molar-refractivity contribution in [3.8, 4) is 11.1 Å². The molecule has 10 heteroatoms. The molecule has 40 heavy (non-hydrogen) atoms. The Hall–Kier alpha value is -4.08. The normalized spacial score (nSPS) is 17.2. The Morgan fingerprint density at radius 1 is 1.12 bits per heavy atom. The number of amidine groups is 1. The van der Waals surface area contributed by atoms with Crippen LogP contribution in [0.3, 0.4) is 0 Å². The van der Waals surface area contributed by atoms with Crippen molar-refractivity contribution in [1.82, 2.24) is 19.9 Å². The lowest BCUT2D eigenvalue weighted by Gasteiger charge is -2.33. The molecule has 1 saturated heterocycles. The van der Waals surface area contributed by atoms with E-state index in [1.54, 1.807) is 10.8 Å². The van der Waals surface area contributed by atoms with Crippen molar-refractivity contribution in [3.63, 3.8) is 0 Å². The van der Waals surface area contributed by atoms with E-state index in [9.17, 15) is 4.79 Å². The number of aliphatic imine (C=N–C) groups is 2. The van der Waals surface area contributed by atoms with Gasteiger partial charge in [0.25, 0.3) is 5.56 Å². The number of fused-ring (bicyclic) bond motifs is 1. The van der Waals surface area contributed by atoms with Gasteiger partial charge in [-0.3, -0.25) is 14.4 Å². The zero-order chi connectivity index (χ0) is 27.8. The highest BCUT2D eigenvalue weighted by molar-refractivity contribution is 6.34. The maximum Gasteiger partial charge on any atom is 0.260 e. The van der Waals surface area contributed by atoms with Crippen LogP contribution in [0, 0.1) is 0 Å². The van der Waals surface area contributed by atoms with Crippen LogP contribution in [-0.2, 0) is 6.54 Å². The number of aryl methyl sites for hydroxylation is 1. The molecule has 1 atom stereocenters. The molecular formula is C30H31ClN8O. The van der Waals surface area contributed by atoms with E-state index >= 15 is 0 Å². The molecule has 2 aromatic heterocycles. The number of benzene rings is 2. The van der Waals surface area contributed by atoms with Gasteiger partial charge in [0.2, 0.25) is 5.95 Å². The Morgan fingerprint density at radius 2 is 1.95 bits per heavy atom. The smallest absolute Gasteiger partial charge is 0.260 e. The highest BCUT2D eigenvalue weighted by Gasteiger charge is 2.18. The lowest BCUT2D eigenvalue weighted by Crippen LogP contribution is -2.49. The molecule has 0 aliphatic carbocycles. The molecule has 2 aromatic carbocycles. The fourth-order valence-corrected chi connectivity index (χ4v) is 5.51. The molecule has 9 nitrogen and oxygen atoms in total. The minimum absolute atomic E-state index is 0.157. The van der Waals surface area contributed by atoms with E-state index in [-0.39, 0.29) is 5.56 Å². The van der Waals surface area contributed by atoms with Crippen LogP contribution in [0.25, 0.3) is 22.2 Å². The predicted octanol–water partition coefficient (Wildman–Crippen LogP) is 4.89. The largest absolute Gasteiger partial charge is 0.369 e. The highest BCUT2D eigenvalue weighted by Crippen LogP contribution is 2.30. The summed E-state index contributed by atoms with van der Waals surface area (Å²) in [5, 5.41) is 7.98. The molecule has 4 heterocycles. The Balaban J connectivity index is 1.28. The Bertz CT molecular complexity index is 1710. The maximum atomic E-state index is 13.6. The lowest BCUT2D eigenvalue weighted by molar-refractivity contribution is 0.485. The number of rotatable bonds is 6. The molecule has 0 saturated carbocycles. The van der Waals surface area contributed by atoms with Gasteiger partial charge in [-0.15, -0.1) is 0 Å². The standard InChI is InChI=1S/C30H31ClN8O/c1-4-39-28-21(13-25(29(39)40)24-10-5-20(14-26(24)31)27-33-15-18(2)35-27)16-34-30(37-28)36-22-6-8-23(9-7-22)38-12-11-32-19(3)17-38/h5-10,13-14,16,19,32H,4,11-12,15,17H2,1-3H3,(H,34,36,37). The molecule has 2 N–H and O–H groups in total. The van der Waals surface area contributed by atoms with Crippen LogP contribution in [0.15, 0.2) is 69.5 Å². The van der Waals surface area contributed by atoms with Crippen molar-refractivity contribution in [2.45, 2.75) is 33.4 Å². The molecule has 1 fully saturated rings. The Kier molecular flexibility index (Phi) is 7.08. The summed E-state index contributed by atoms with van der Waals surface area (Å²) < 4.78 is 1.66. The molecular weight excluding hydrogens is 524 g/mol. The predicted molar refractivity (Wildman–Crippen MR) is 164 cm³/mol. The molecule has 0 amide bonds. The summed E-state index contributed by atoms with van der Waals surface area (Å²) in [7, 11) is 0. The fourth-order valence-electron chi connectivity index (χ4n) is 5.23. The van der Waals surface area contributed by atoms with Gasteiger partial charge >= 0.3 is 0 Å². The molecule has 6 rings (SSSR count). The lowest BCUT2D eigenvalue weighted by atomic mass is 10.0. The summed E-state index contributed by atoms with van der Waals surface area (Å²) in [6.07, 6.45) is 1.74. The number of aromatic nitrogens is 3. The second kappa shape index (κ2) is 10.8. The summed E-state index contributed by atoms with van der Waals surface area (Å²) in [4.78, 5) is 34.1. The first-order chi connectivity index (χ1) is 19.4. The molecule has 204 valence electrons. The van der Waals surface area contributed by atoms with Gasteiger partial charge < -0.3 is 15.5 Å². The third-order valence-corrected chi connectivity index (χ3v) is 7.59. The van der Waals surface area contributed by atoms with Crippen molar-refractivity contribution < 1.29 is 0 Å². The minimum atomic E-state index is -0.157. The number of nitrogens with zero attached hydrogens (tertiary/aromatic N) is 6. The van der Waals surface area contributed by atoms with Crippen molar-refractivity contribution in [2.75, 3.05) is 36.4 Å². The van der Waals surface area contributed by atoms with Gasteiger partial charge in [0.05, 0.1) is 6.54 Å². The molecule has 2 aliphatic rings. The van der Waals surface area contributed by atoms with Crippen LogP contribution in [0.1, 0.15) is 26.3 Å². The first kappa shape index (κ1) is 26.2. The molecule has 1 unspecified atom stereocenters. The monoisotopic (exact) mass is 554 g/mol. The van der Waals surface area contributed by atoms with Crippen molar-refractivity contribution in [2.24, 2.45) is 9.98 Å². The van der Waals surface area contributed by atoms with E-state index in [0.29, 0.717) is 52.7 Å². The van der Waals surface area contributed by atoms with Gasteiger partial charge in [0, 0.05) is 82.6 Å². The van der Waals surface area contributed by atoms with Crippen LogP contribution in [0.4, 0.5) is 17.3 Å². The van der Waals surface area contributed by atoms with E-state index < -0.39 is 0 Å². The Labute approximate surface area is 237 Å². The summed E-state index contributed by atoms with van der Waals surface area (Å²) in [6.45, 7) is 10.1. The number of anilines is 3. The number of nitrogens with one attached hydrogen (secondary N) is 2. The average molecular weight is 555 g/mol. The second-order valence-electron chi connectivity index (χ2n) is 10.2. The van der Waals surface area contributed by atoms with Crippen LogP contribution >= 0.6 is 11.6 Å². The van der Waals surface area contributed by atoms with Gasteiger partial charge in [-0.1, -0.05) is 23.7 Å². The zero-order valence-corrected chi connectivity index (χ0v) is 23.5. The molecule has 2 aliphatic heterocycles. The van der Waals surface area contributed by atoms with Crippen molar-refractivity contribution in [3.05, 3.63) is 75.7 Å². The summed E-state index contributed by atoms with van der Waals surface area (Å²) in [6, 6.07) is 16.1. The van der Waals surface area contributed by atoms with Crippen LogP contribution < -0.4 is 21.1 Å². The third-order valence-electron chi connectivity index (χ3n) is 7.27. The number of hydrogen-bond acceptors (Lipinski definition) is 8. The van der Waals surface area contributed by atoms with E-state index in [1.807, 2.05) is 50.2 Å². The van der Waals surface area contributed by atoms with E-state index in [0.717, 1.165) is 42.0 Å². The molecule has 0 bridgehead atoms. The summed E-state index contributed by atoms with van der Waals surface area (Å²) >= 11 is 6.68. The molecule has 0 radical (unpaired) electrons. The second-order valence-corrected chi connectivity index (χ2v) is 10.6. The quantitative estimate of drug-likeness (QED) is 0.352. The zero-order valence-electron chi connectivity index (χ0n) is 22.8. The van der Waals surface area contributed by atoms with Crippen molar-refractivity contribution in [1.29, 1.82) is 0 Å². The number of halogens is 1. The number of piperazine rings is 1. The SMILES string of the molecule is CCn1c(=O)c(-c2ccc(C3=NCC(C)=N3)cc2Cl)cc2cnc(Nc3ccc(N4CCNC(C)C4)cc3)nc21. The third kappa shape index (κ3) is 5.10. The molecule has 4 aromatic rings. The maximum absolute atomic E-state index is 13.6. The van der Waals surface area contributed by atoms with E-state index in [1.165, 1.54) is 5.69 Å². The van der Waals surface area contributed by atoms with Gasteiger partial charge in [-0.05, 0) is 57.2 Å². The first-order valence-electron chi connectivity index (χ1n) is 13.5. The van der Waals surface area contributed by atoms with Crippen LogP contribution in [0.5, 0.6) is 0 Å². The average Bonchev–Trinajstić information content (AvgIpc) is 3.39. The number of pyridine rings is 1. The topological polar surface area (TPSA) is 99.8 Å². The van der Waals surface area contributed by atoms with Crippen LogP contribution in [0.2, 0.25) is 5.02 Å². The minimum Gasteiger partial charge on any atom is -0.369 e. The van der Waals surface area contributed by atoms with Gasteiger partial charge in [0.15, 0.2) is 5.84 Å². The van der Waals surface area contributed by atoms with E-state index in [2.05, 4.69) is 49.6 Å². The fraction of sp³-hybridized carbons (Fsp3) is 0.300. The summed E-state index contributed by atoms with van der Waals surface area (Å²) in [5.74, 6) is 1.10. The van der Waals surface area contributed by atoms with Gasteiger partial charge in [-0.2, -0.15) is 4.98 Å². The summed E-state index contributed by atoms with van der Waals surface area (Å²) in [5.41, 5.74) is 5.43.